The van der Waals surface area contributed by atoms with Crippen molar-refractivity contribution in [2.45, 2.75) is 25.9 Å². The van der Waals surface area contributed by atoms with Gasteiger partial charge in [0.2, 0.25) is 0 Å². The molecule has 0 bridgehead atoms. The third-order valence-electron chi connectivity index (χ3n) is 3.45. The first-order chi connectivity index (χ1) is 9.26. The molecule has 5 nitrogen and oxygen atoms in total. The van der Waals surface area contributed by atoms with Crippen LogP contribution in [0.2, 0.25) is 0 Å². The summed E-state index contributed by atoms with van der Waals surface area (Å²) in [5.74, 6) is 0. The SMILES string of the molecule is CCOC1CCCN(c2nc3cc(N)ccc3o2)C1. The molecule has 0 saturated carbocycles. The number of benzene rings is 1. The number of hydrogen-bond acceptors (Lipinski definition) is 5. The molecule has 1 saturated heterocycles. The lowest BCUT2D eigenvalue weighted by molar-refractivity contribution is 0.0517. The van der Waals surface area contributed by atoms with Gasteiger partial charge in [-0.1, -0.05) is 0 Å². The first-order valence-electron chi connectivity index (χ1n) is 6.79. The van der Waals surface area contributed by atoms with Gasteiger partial charge < -0.3 is 19.8 Å². The zero-order valence-electron chi connectivity index (χ0n) is 11.1. The first kappa shape index (κ1) is 12.3. The Kier molecular flexibility index (Phi) is 3.29. The van der Waals surface area contributed by atoms with Crippen LogP contribution in [0.4, 0.5) is 11.7 Å². The molecule has 1 aliphatic heterocycles. The molecule has 1 aromatic carbocycles. The summed E-state index contributed by atoms with van der Waals surface area (Å²) in [6, 6.07) is 6.21. The Balaban J connectivity index is 1.83. The number of ether oxygens (including phenoxy) is 1. The van der Waals surface area contributed by atoms with Gasteiger partial charge in [0.05, 0.1) is 6.10 Å². The van der Waals surface area contributed by atoms with E-state index in [0.29, 0.717) is 11.7 Å². The predicted molar refractivity (Wildman–Crippen MR) is 75.3 cm³/mol. The van der Waals surface area contributed by atoms with Crippen molar-refractivity contribution in [2.75, 3.05) is 30.3 Å². The molecule has 0 radical (unpaired) electrons. The number of nitrogens with zero attached hydrogens (tertiary/aromatic N) is 2. The van der Waals surface area contributed by atoms with Crippen molar-refractivity contribution in [3.8, 4) is 0 Å². The van der Waals surface area contributed by atoms with Crippen LogP contribution in [0.25, 0.3) is 11.1 Å². The van der Waals surface area contributed by atoms with Crippen LogP contribution in [0.1, 0.15) is 19.8 Å². The Bertz CT molecular complexity index is 565. The molecule has 0 amide bonds. The maximum absolute atomic E-state index is 5.79. The third-order valence-corrected chi connectivity index (χ3v) is 3.45. The first-order valence-corrected chi connectivity index (χ1v) is 6.79. The largest absolute Gasteiger partial charge is 0.423 e. The maximum Gasteiger partial charge on any atom is 0.298 e. The van der Waals surface area contributed by atoms with E-state index in [4.69, 9.17) is 14.9 Å². The highest BCUT2D eigenvalue weighted by molar-refractivity contribution is 5.78. The zero-order chi connectivity index (χ0) is 13.2. The molecule has 1 aliphatic rings. The third kappa shape index (κ3) is 2.51. The fraction of sp³-hybridized carbons (Fsp3) is 0.500. The molecule has 2 aromatic rings. The van der Waals surface area contributed by atoms with E-state index in [2.05, 4.69) is 9.88 Å². The summed E-state index contributed by atoms with van der Waals surface area (Å²) < 4.78 is 11.5. The fourth-order valence-electron chi connectivity index (χ4n) is 2.55. The molecule has 19 heavy (non-hydrogen) atoms. The van der Waals surface area contributed by atoms with Crippen molar-refractivity contribution in [1.29, 1.82) is 0 Å². The summed E-state index contributed by atoms with van der Waals surface area (Å²) in [6.07, 6.45) is 2.49. The van der Waals surface area contributed by atoms with Crippen molar-refractivity contribution >= 4 is 22.8 Å². The summed E-state index contributed by atoms with van der Waals surface area (Å²) >= 11 is 0. The normalized spacial score (nSPS) is 20.1. The Morgan fingerprint density at radius 2 is 2.42 bits per heavy atom. The van der Waals surface area contributed by atoms with Crippen molar-refractivity contribution in [3.63, 3.8) is 0 Å². The van der Waals surface area contributed by atoms with Crippen LogP contribution in [0.5, 0.6) is 0 Å². The van der Waals surface area contributed by atoms with E-state index in [1.807, 2.05) is 25.1 Å². The summed E-state index contributed by atoms with van der Waals surface area (Å²) in [5.41, 5.74) is 8.06. The number of fused-ring (bicyclic) bond motifs is 1. The second-order valence-electron chi connectivity index (χ2n) is 4.89. The van der Waals surface area contributed by atoms with Crippen LogP contribution >= 0.6 is 0 Å². The van der Waals surface area contributed by atoms with E-state index in [1.54, 1.807) is 0 Å². The van der Waals surface area contributed by atoms with E-state index in [1.165, 1.54) is 0 Å². The number of piperidine rings is 1. The minimum absolute atomic E-state index is 0.277. The molecule has 2 heterocycles. The minimum Gasteiger partial charge on any atom is -0.423 e. The average Bonchev–Trinajstić information content (AvgIpc) is 2.82. The second kappa shape index (κ2) is 5.09. The van der Waals surface area contributed by atoms with Gasteiger partial charge in [-0.15, -0.1) is 0 Å². The van der Waals surface area contributed by atoms with E-state index >= 15 is 0 Å². The van der Waals surface area contributed by atoms with Crippen molar-refractivity contribution in [1.82, 2.24) is 4.98 Å². The molecule has 1 unspecified atom stereocenters. The zero-order valence-corrected chi connectivity index (χ0v) is 11.1. The topological polar surface area (TPSA) is 64.5 Å². The molecular formula is C14H19N3O2. The van der Waals surface area contributed by atoms with Gasteiger partial charge in [-0.05, 0) is 38.0 Å². The molecule has 1 fully saturated rings. The van der Waals surface area contributed by atoms with Gasteiger partial charge in [-0.3, -0.25) is 0 Å². The van der Waals surface area contributed by atoms with Crippen LogP contribution < -0.4 is 10.6 Å². The Labute approximate surface area is 112 Å². The summed E-state index contributed by atoms with van der Waals surface area (Å²) in [4.78, 5) is 6.67. The summed E-state index contributed by atoms with van der Waals surface area (Å²) in [6.45, 7) is 4.59. The van der Waals surface area contributed by atoms with Gasteiger partial charge in [0, 0.05) is 25.4 Å². The highest BCUT2D eigenvalue weighted by Crippen LogP contribution is 2.26. The highest BCUT2D eigenvalue weighted by Gasteiger charge is 2.23. The van der Waals surface area contributed by atoms with E-state index in [-0.39, 0.29) is 6.10 Å². The van der Waals surface area contributed by atoms with Gasteiger partial charge in [0.1, 0.15) is 5.52 Å². The van der Waals surface area contributed by atoms with Gasteiger partial charge in [0.15, 0.2) is 5.58 Å². The quantitative estimate of drug-likeness (QED) is 0.860. The summed E-state index contributed by atoms with van der Waals surface area (Å²) in [7, 11) is 0. The Morgan fingerprint density at radius 3 is 3.26 bits per heavy atom. The van der Waals surface area contributed by atoms with Crippen LogP contribution in [0.15, 0.2) is 22.6 Å². The van der Waals surface area contributed by atoms with Crippen molar-refractivity contribution in [2.24, 2.45) is 0 Å². The lowest BCUT2D eigenvalue weighted by atomic mass is 10.1. The number of nitrogens with two attached hydrogens (primary N) is 1. The molecule has 1 atom stereocenters. The summed E-state index contributed by atoms with van der Waals surface area (Å²) in [5, 5.41) is 0. The molecular weight excluding hydrogens is 242 g/mol. The van der Waals surface area contributed by atoms with Crippen molar-refractivity contribution < 1.29 is 9.15 Å². The van der Waals surface area contributed by atoms with Crippen LogP contribution in [-0.2, 0) is 4.74 Å². The molecule has 3 rings (SSSR count). The van der Waals surface area contributed by atoms with Crippen LogP contribution in [-0.4, -0.2) is 30.8 Å². The lowest BCUT2D eigenvalue weighted by Crippen LogP contribution is -2.39. The molecule has 2 N–H and O–H groups in total. The van der Waals surface area contributed by atoms with Gasteiger partial charge in [0.25, 0.3) is 6.01 Å². The maximum atomic E-state index is 5.79. The Hall–Kier alpha value is -1.75. The molecule has 102 valence electrons. The average molecular weight is 261 g/mol. The van der Waals surface area contributed by atoms with E-state index in [9.17, 15) is 0 Å². The molecule has 5 heteroatoms. The number of oxazole rings is 1. The smallest absolute Gasteiger partial charge is 0.298 e. The second-order valence-corrected chi connectivity index (χ2v) is 4.89. The standard InChI is InChI=1S/C14H19N3O2/c1-2-18-11-4-3-7-17(9-11)14-16-12-8-10(15)5-6-13(12)19-14/h5-6,8,11H,2-4,7,9,15H2,1H3. The van der Waals surface area contributed by atoms with Crippen LogP contribution in [0.3, 0.4) is 0 Å². The fourth-order valence-corrected chi connectivity index (χ4v) is 2.55. The number of aromatic nitrogens is 1. The molecule has 1 aromatic heterocycles. The van der Waals surface area contributed by atoms with E-state index in [0.717, 1.165) is 43.6 Å². The molecule has 0 spiro atoms. The number of anilines is 2. The van der Waals surface area contributed by atoms with E-state index < -0.39 is 0 Å². The highest BCUT2D eigenvalue weighted by atomic mass is 16.5. The minimum atomic E-state index is 0.277. The lowest BCUT2D eigenvalue weighted by Gasteiger charge is -2.31. The molecule has 0 aliphatic carbocycles. The van der Waals surface area contributed by atoms with Crippen molar-refractivity contribution in [3.05, 3.63) is 18.2 Å². The Morgan fingerprint density at radius 1 is 1.53 bits per heavy atom. The predicted octanol–water partition coefficient (Wildman–Crippen LogP) is 2.42. The number of rotatable bonds is 3. The number of hydrogen-bond donors (Lipinski definition) is 1. The van der Waals surface area contributed by atoms with Gasteiger partial charge >= 0.3 is 0 Å². The van der Waals surface area contributed by atoms with Gasteiger partial charge in [-0.2, -0.15) is 4.98 Å². The number of nitrogen functional groups attached to an aromatic ring is 1. The monoisotopic (exact) mass is 261 g/mol. The van der Waals surface area contributed by atoms with Gasteiger partial charge in [-0.25, -0.2) is 0 Å². The van der Waals surface area contributed by atoms with Crippen LogP contribution in [0, 0.1) is 0 Å².